The normalized spacial score (nSPS) is 19.8. The van der Waals surface area contributed by atoms with Gasteiger partial charge in [0, 0.05) is 6.04 Å². The van der Waals surface area contributed by atoms with Crippen LogP contribution >= 0.6 is 11.3 Å². The summed E-state index contributed by atoms with van der Waals surface area (Å²) in [6, 6.07) is 0.152. The summed E-state index contributed by atoms with van der Waals surface area (Å²) in [6.45, 7) is 2.00. The van der Waals surface area contributed by atoms with Gasteiger partial charge in [0.15, 0.2) is 0 Å². The first-order valence-electron chi connectivity index (χ1n) is 6.14. The number of hydrogen-bond donors (Lipinski definition) is 1. The van der Waals surface area contributed by atoms with Crippen LogP contribution in [0.2, 0.25) is 0 Å². The van der Waals surface area contributed by atoms with Crippen LogP contribution in [0.1, 0.15) is 44.0 Å². The van der Waals surface area contributed by atoms with Gasteiger partial charge in [0.2, 0.25) is 10.1 Å². The lowest BCUT2D eigenvalue weighted by atomic mass is 9.85. The van der Waals surface area contributed by atoms with Gasteiger partial charge in [-0.1, -0.05) is 30.6 Å². The Labute approximate surface area is 108 Å². The van der Waals surface area contributed by atoms with Gasteiger partial charge in [-0.05, 0) is 25.7 Å². The second-order valence-electron chi connectivity index (χ2n) is 4.74. The number of nitrogens with one attached hydrogen (secondary N) is 1. The summed E-state index contributed by atoms with van der Waals surface area (Å²) in [5.74, 6) is 0.525. The highest BCUT2D eigenvalue weighted by Gasteiger charge is 2.36. The minimum atomic E-state index is -4.40. The van der Waals surface area contributed by atoms with Gasteiger partial charge in [0.05, 0.1) is 0 Å². The molecule has 102 valence electrons. The standard InChI is InChI=1S/C11H16F3N3S/c1-7(8-5-3-2-4-6-8)15-10-17-16-9(18-10)11(12,13)14/h7-8H,2-6H2,1H3,(H,15,17). The molecule has 1 unspecified atom stereocenters. The fraction of sp³-hybridized carbons (Fsp3) is 0.818. The number of aromatic nitrogens is 2. The molecule has 7 heteroatoms. The molecule has 1 aromatic heterocycles. The van der Waals surface area contributed by atoms with Crippen molar-refractivity contribution in [3.8, 4) is 0 Å². The van der Waals surface area contributed by atoms with Gasteiger partial charge < -0.3 is 5.32 Å². The molecular weight excluding hydrogens is 263 g/mol. The molecule has 1 aliphatic carbocycles. The summed E-state index contributed by atoms with van der Waals surface area (Å²) >= 11 is 0.574. The molecule has 0 aliphatic heterocycles. The third-order valence-electron chi connectivity index (χ3n) is 3.38. The van der Waals surface area contributed by atoms with E-state index in [1.807, 2.05) is 6.92 Å². The van der Waals surface area contributed by atoms with Gasteiger partial charge in [-0.3, -0.25) is 0 Å². The minimum Gasteiger partial charge on any atom is -0.357 e. The van der Waals surface area contributed by atoms with Crippen molar-refractivity contribution in [3.05, 3.63) is 5.01 Å². The van der Waals surface area contributed by atoms with Crippen molar-refractivity contribution in [2.75, 3.05) is 5.32 Å². The Morgan fingerprint density at radius 1 is 1.22 bits per heavy atom. The van der Waals surface area contributed by atoms with Crippen molar-refractivity contribution in [2.45, 2.75) is 51.2 Å². The molecule has 1 N–H and O–H groups in total. The van der Waals surface area contributed by atoms with Gasteiger partial charge in [-0.25, -0.2) is 0 Å². The SMILES string of the molecule is CC(Nc1nnc(C(F)(F)F)s1)C1CCCCC1. The van der Waals surface area contributed by atoms with E-state index in [2.05, 4.69) is 15.5 Å². The zero-order chi connectivity index (χ0) is 13.2. The largest absolute Gasteiger partial charge is 0.445 e. The smallest absolute Gasteiger partial charge is 0.357 e. The summed E-state index contributed by atoms with van der Waals surface area (Å²) in [5, 5.41) is 9.15. The predicted octanol–water partition coefficient (Wildman–Crippen LogP) is 3.94. The van der Waals surface area contributed by atoms with E-state index in [-0.39, 0.29) is 11.2 Å². The molecule has 1 heterocycles. The molecule has 0 spiro atoms. The van der Waals surface area contributed by atoms with Crippen LogP contribution in [-0.2, 0) is 6.18 Å². The van der Waals surface area contributed by atoms with Crippen molar-refractivity contribution in [2.24, 2.45) is 5.92 Å². The van der Waals surface area contributed by atoms with E-state index in [1.165, 1.54) is 19.3 Å². The van der Waals surface area contributed by atoms with E-state index >= 15 is 0 Å². The van der Waals surface area contributed by atoms with Crippen molar-refractivity contribution >= 4 is 16.5 Å². The fourth-order valence-electron chi connectivity index (χ4n) is 2.34. The molecule has 0 bridgehead atoms. The van der Waals surface area contributed by atoms with E-state index < -0.39 is 11.2 Å². The number of nitrogens with zero attached hydrogens (tertiary/aromatic N) is 2. The lowest BCUT2D eigenvalue weighted by Gasteiger charge is -2.27. The van der Waals surface area contributed by atoms with Crippen LogP contribution in [0.25, 0.3) is 0 Å². The maximum atomic E-state index is 12.4. The molecule has 0 saturated heterocycles. The Hall–Kier alpha value is -0.850. The third-order valence-corrected chi connectivity index (χ3v) is 4.27. The van der Waals surface area contributed by atoms with Crippen molar-refractivity contribution < 1.29 is 13.2 Å². The Morgan fingerprint density at radius 2 is 1.89 bits per heavy atom. The predicted molar refractivity (Wildman–Crippen MR) is 64.6 cm³/mol. The Morgan fingerprint density at radius 3 is 2.44 bits per heavy atom. The molecule has 3 nitrogen and oxygen atoms in total. The first-order valence-corrected chi connectivity index (χ1v) is 6.95. The average molecular weight is 279 g/mol. The number of alkyl halides is 3. The van der Waals surface area contributed by atoms with Crippen molar-refractivity contribution in [1.29, 1.82) is 0 Å². The Kier molecular flexibility index (Phi) is 4.09. The molecule has 0 aromatic carbocycles. The molecule has 1 aromatic rings. The maximum Gasteiger partial charge on any atom is 0.445 e. The quantitative estimate of drug-likeness (QED) is 0.910. The third kappa shape index (κ3) is 3.34. The Balaban J connectivity index is 1.94. The average Bonchev–Trinajstić information content (AvgIpc) is 2.78. The van der Waals surface area contributed by atoms with E-state index in [4.69, 9.17) is 0 Å². The van der Waals surface area contributed by atoms with Crippen LogP contribution < -0.4 is 5.32 Å². The van der Waals surface area contributed by atoms with Gasteiger partial charge in [-0.2, -0.15) is 13.2 Å². The van der Waals surface area contributed by atoms with E-state index in [0.717, 1.165) is 12.8 Å². The van der Waals surface area contributed by atoms with Crippen LogP contribution in [-0.4, -0.2) is 16.2 Å². The fourth-order valence-corrected chi connectivity index (χ4v) is 3.05. The van der Waals surface area contributed by atoms with Crippen LogP contribution in [0.4, 0.5) is 18.3 Å². The highest BCUT2D eigenvalue weighted by Crippen LogP contribution is 2.34. The summed E-state index contributed by atoms with van der Waals surface area (Å²) in [5.41, 5.74) is 0. The number of halogens is 3. The first-order chi connectivity index (χ1) is 8.47. The van der Waals surface area contributed by atoms with Crippen molar-refractivity contribution in [1.82, 2.24) is 10.2 Å². The van der Waals surface area contributed by atoms with E-state index in [1.54, 1.807) is 0 Å². The molecule has 2 rings (SSSR count). The second kappa shape index (κ2) is 5.42. The molecule has 18 heavy (non-hydrogen) atoms. The van der Waals surface area contributed by atoms with E-state index in [9.17, 15) is 13.2 Å². The zero-order valence-corrected chi connectivity index (χ0v) is 10.9. The van der Waals surface area contributed by atoms with Crippen LogP contribution in [0.15, 0.2) is 0 Å². The number of rotatable bonds is 3. The highest BCUT2D eigenvalue weighted by molar-refractivity contribution is 7.15. The van der Waals surface area contributed by atoms with E-state index in [0.29, 0.717) is 17.3 Å². The maximum absolute atomic E-state index is 12.4. The summed E-state index contributed by atoms with van der Waals surface area (Å²) in [4.78, 5) is 0. The number of anilines is 1. The van der Waals surface area contributed by atoms with Gasteiger partial charge >= 0.3 is 6.18 Å². The van der Waals surface area contributed by atoms with Gasteiger partial charge in [0.25, 0.3) is 0 Å². The van der Waals surface area contributed by atoms with Gasteiger partial charge in [0.1, 0.15) is 0 Å². The molecule has 1 saturated carbocycles. The molecule has 0 amide bonds. The van der Waals surface area contributed by atoms with Gasteiger partial charge in [-0.15, -0.1) is 10.2 Å². The zero-order valence-electron chi connectivity index (χ0n) is 10.1. The summed E-state index contributed by atoms with van der Waals surface area (Å²) in [7, 11) is 0. The topological polar surface area (TPSA) is 37.8 Å². The second-order valence-corrected chi connectivity index (χ2v) is 5.72. The summed E-state index contributed by atoms with van der Waals surface area (Å²) < 4.78 is 37.1. The Bertz CT molecular complexity index is 385. The van der Waals surface area contributed by atoms with Crippen molar-refractivity contribution in [3.63, 3.8) is 0 Å². The molecule has 1 atom stereocenters. The lowest BCUT2D eigenvalue weighted by Crippen LogP contribution is -2.27. The first kappa shape index (κ1) is 13.6. The molecule has 1 aliphatic rings. The highest BCUT2D eigenvalue weighted by atomic mass is 32.1. The lowest BCUT2D eigenvalue weighted by molar-refractivity contribution is -0.138. The molecule has 0 radical (unpaired) electrons. The molecule has 1 fully saturated rings. The van der Waals surface area contributed by atoms with Crippen LogP contribution in [0, 0.1) is 5.92 Å². The monoisotopic (exact) mass is 279 g/mol. The van der Waals surface area contributed by atoms with Crippen LogP contribution in [0.5, 0.6) is 0 Å². The minimum absolute atomic E-state index is 0.152. The molecular formula is C11H16F3N3S. The number of hydrogen-bond acceptors (Lipinski definition) is 4. The summed E-state index contributed by atoms with van der Waals surface area (Å²) in [6.07, 6.45) is 1.56. The van der Waals surface area contributed by atoms with Crippen LogP contribution in [0.3, 0.4) is 0 Å².